The molecule has 2 aromatic rings. The van der Waals surface area contributed by atoms with Gasteiger partial charge in [-0.3, -0.25) is 0 Å². The second-order valence-corrected chi connectivity index (χ2v) is 4.97. The van der Waals surface area contributed by atoms with Crippen LogP contribution in [0.3, 0.4) is 0 Å². The third-order valence-electron chi connectivity index (χ3n) is 3.17. The fourth-order valence-corrected chi connectivity index (χ4v) is 1.86. The number of ether oxygens (including phenoxy) is 3. The number of carbonyl (C=O) groups is 2. The van der Waals surface area contributed by atoms with Crippen molar-refractivity contribution in [3.8, 4) is 22.6 Å². The monoisotopic (exact) mass is 388 g/mol. The highest BCUT2D eigenvalue weighted by Gasteiger charge is 2.02. The molecule has 0 aromatic heterocycles. The first-order valence-electron chi connectivity index (χ1n) is 8.02. The molecule has 0 bridgehead atoms. The van der Waals surface area contributed by atoms with Crippen molar-refractivity contribution < 1.29 is 34.4 Å². The van der Waals surface area contributed by atoms with Gasteiger partial charge in [0.1, 0.15) is 18.1 Å². The van der Waals surface area contributed by atoms with Crippen molar-refractivity contribution in [3.05, 3.63) is 73.8 Å². The van der Waals surface area contributed by atoms with Crippen LogP contribution < -0.4 is 9.47 Å². The maximum absolute atomic E-state index is 11.1. The molecule has 0 amide bonds. The van der Waals surface area contributed by atoms with E-state index < -0.39 is 11.9 Å². The minimum absolute atomic E-state index is 0. The third kappa shape index (κ3) is 8.79. The lowest BCUT2D eigenvalue weighted by atomic mass is 10.1. The molecule has 0 aliphatic heterocycles. The second kappa shape index (κ2) is 13.7. The maximum Gasteiger partial charge on any atom is 0.335 e. The third-order valence-corrected chi connectivity index (χ3v) is 3.17. The summed E-state index contributed by atoms with van der Waals surface area (Å²) in [4.78, 5) is 21.2. The van der Waals surface area contributed by atoms with Crippen molar-refractivity contribution >= 4 is 11.9 Å². The molecule has 0 aliphatic rings. The molecule has 0 unspecified atom stereocenters. The molecule has 0 atom stereocenters. The van der Waals surface area contributed by atoms with E-state index in [0.29, 0.717) is 5.75 Å². The molecule has 2 rings (SSSR count). The van der Waals surface area contributed by atoms with Gasteiger partial charge in [-0.05, 0) is 35.4 Å². The van der Waals surface area contributed by atoms with Gasteiger partial charge in [0.2, 0.25) is 0 Å². The number of benzene rings is 2. The zero-order valence-corrected chi connectivity index (χ0v) is 15.6. The van der Waals surface area contributed by atoms with E-state index in [2.05, 4.69) is 17.9 Å². The Kier molecular flexibility index (Phi) is 12.1. The Morgan fingerprint density at radius 1 is 0.893 bits per heavy atom. The standard InChI is InChI=1S/C16H14O3.C5H8O3.H2O/c1-3-16(17)19-15-10-6-13(7-11-15)12-4-8-14(18-2)9-5-12;1-2-5(7)8-4-3-6;/h3-11H,1H2,2H3;2,6H,1,3-4H2;1H2. The molecule has 28 heavy (non-hydrogen) atoms. The van der Waals surface area contributed by atoms with E-state index >= 15 is 0 Å². The largest absolute Gasteiger partial charge is 0.497 e. The van der Waals surface area contributed by atoms with Gasteiger partial charge in [-0.15, -0.1) is 0 Å². The first-order valence-corrected chi connectivity index (χ1v) is 8.02. The van der Waals surface area contributed by atoms with Crippen LogP contribution in [0.25, 0.3) is 11.1 Å². The predicted molar refractivity (Wildman–Crippen MR) is 106 cm³/mol. The number of carbonyl (C=O) groups excluding carboxylic acids is 2. The van der Waals surface area contributed by atoms with Crippen LogP contribution in [-0.2, 0) is 14.3 Å². The van der Waals surface area contributed by atoms with Gasteiger partial charge in [0.15, 0.2) is 0 Å². The molecule has 0 aliphatic carbocycles. The molecule has 3 N–H and O–H groups in total. The average Bonchev–Trinajstić information content (AvgIpc) is 2.73. The summed E-state index contributed by atoms with van der Waals surface area (Å²) in [6.45, 7) is 6.42. The number of methoxy groups -OCH3 is 1. The zero-order valence-electron chi connectivity index (χ0n) is 15.6. The highest BCUT2D eigenvalue weighted by molar-refractivity contribution is 5.83. The molecular weight excluding hydrogens is 364 g/mol. The Morgan fingerprint density at radius 2 is 1.36 bits per heavy atom. The van der Waals surface area contributed by atoms with Crippen LogP contribution >= 0.6 is 0 Å². The van der Waals surface area contributed by atoms with Gasteiger partial charge < -0.3 is 24.8 Å². The molecule has 150 valence electrons. The van der Waals surface area contributed by atoms with E-state index in [-0.39, 0.29) is 18.7 Å². The van der Waals surface area contributed by atoms with E-state index in [1.807, 2.05) is 36.4 Å². The molecule has 0 fully saturated rings. The Hall–Kier alpha value is -3.42. The molecule has 0 saturated carbocycles. The number of hydrogen-bond donors (Lipinski definition) is 1. The van der Waals surface area contributed by atoms with Crippen molar-refractivity contribution in [1.82, 2.24) is 0 Å². The second-order valence-electron chi connectivity index (χ2n) is 4.97. The number of aliphatic hydroxyl groups is 1. The average molecular weight is 388 g/mol. The minimum atomic E-state index is -0.501. The first kappa shape index (κ1) is 24.6. The molecule has 0 radical (unpaired) electrons. The van der Waals surface area contributed by atoms with Crippen molar-refractivity contribution in [2.75, 3.05) is 20.3 Å². The van der Waals surface area contributed by atoms with E-state index in [4.69, 9.17) is 14.6 Å². The van der Waals surface area contributed by atoms with Crippen LogP contribution in [0.4, 0.5) is 0 Å². The van der Waals surface area contributed by atoms with Gasteiger partial charge in [-0.1, -0.05) is 37.4 Å². The Bertz CT molecular complexity index is 749. The summed E-state index contributed by atoms with van der Waals surface area (Å²) in [5.41, 5.74) is 2.11. The van der Waals surface area contributed by atoms with Crippen molar-refractivity contribution in [2.45, 2.75) is 0 Å². The molecule has 0 spiro atoms. The fraction of sp³-hybridized carbons (Fsp3) is 0.143. The summed E-state index contributed by atoms with van der Waals surface area (Å²) in [5.74, 6) is 0.360. The van der Waals surface area contributed by atoms with E-state index in [9.17, 15) is 9.59 Å². The minimum Gasteiger partial charge on any atom is -0.497 e. The number of rotatable bonds is 7. The summed E-state index contributed by atoms with van der Waals surface area (Å²) in [6.07, 6.45) is 2.19. The van der Waals surface area contributed by atoms with E-state index in [1.165, 1.54) is 0 Å². The summed E-state index contributed by atoms with van der Waals surface area (Å²) >= 11 is 0. The van der Waals surface area contributed by atoms with Gasteiger partial charge in [-0.25, -0.2) is 9.59 Å². The number of esters is 2. The van der Waals surface area contributed by atoms with Crippen LogP contribution in [0.15, 0.2) is 73.8 Å². The topological polar surface area (TPSA) is 114 Å². The maximum atomic E-state index is 11.1. The summed E-state index contributed by atoms with van der Waals surface area (Å²) < 4.78 is 14.5. The van der Waals surface area contributed by atoms with Crippen LogP contribution in [0.5, 0.6) is 11.5 Å². The predicted octanol–water partition coefficient (Wildman–Crippen LogP) is 2.34. The molecule has 0 saturated heterocycles. The van der Waals surface area contributed by atoms with Gasteiger partial charge in [0.25, 0.3) is 0 Å². The number of aliphatic hydroxyl groups excluding tert-OH is 1. The van der Waals surface area contributed by atoms with Crippen LogP contribution in [0, 0.1) is 0 Å². The fourth-order valence-electron chi connectivity index (χ4n) is 1.86. The summed E-state index contributed by atoms with van der Waals surface area (Å²) in [6, 6.07) is 15.1. The summed E-state index contributed by atoms with van der Waals surface area (Å²) in [7, 11) is 1.64. The lowest BCUT2D eigenvalue weighted by molar-refractivity contribution is -0.138. The van der Waals surface area contributed by atoms with Gasteiger partial charge in [0, 0.05) is 12.2 Å². The smallest absolute Gasteiger partial charge is 0.335 e. The Morgan fingerprint density at radius 3 is 1.75 bits per heavy atom. The van der Waals surface area contributed by atoms with Crippen molar-refractivity contribution in [1.29, 1.82) is 0 Å². The van der Waals surface area contributed by atoms with Gasteiger partial charge in [-0.2, -0.15) is 0 Å². The molecule has 2 aromatic carbocycles. The summed E-state index contributed by atoms with van der Waals surface area (Å²) in [5, 5.41) is 8.10. The molecule has 7 nitrogen and oxygen atoms in total. The van der Waals surface area contributed by atoms with Gasteiger partial charge >= 0.3 is 11.9 Å². The SMILES string of the molecule is C=CC(=O)OCCO.C=CC(=O)Oc1ccc(-c2ccc(OC)cc2)cc1.O. The van der Waals surface area contributed by atoms with Crippen LogP contribution in [-0.4, -0.2) is 42.8 Å². The van der Waals surface area contributed by atoms with E-state index in [1.54, 1.807) is 19.2 Å². The van der Waals surface area contributed by atoms with E-state index in [0.717, 1.165) is 29.0 Å². The molecule has 7 heteroatoms. The lowest BCUT2D eigenvalue weighted by Crippen LogP contribution is -2.04. The Balaban J connectivity index is 0.000000694. The quantitative estimate of drug-likeness (QED) is 0.442. The lowest BCUT2D eigenvalue weighted by Gasteiger charge is -2.05. The number of hydrogen-bond acceptors (Lipinski definition) is 6. The molecule has 0 heterocycles. The normalized spacial score (nSPS) is 8.93. The van der Waals surface area contributed by atoms with Crippen molar-refractivity contribution in [2.24, 2.45) is 0 Å². The highest BCUT2D eigenvalue weighted by Crippen LogP contribution is 2.24. The Labute approximate surface area is 163 Å². The molecular formula is C21H24O7. The van der Waals surface area contributed by atoms with Crippen LogP contribution in [0.1, 0.15) is 0 Å². The van der Waals surface area contributed by atoms with Gasteiger partial charge in [0.05, 0.1) is 13.7 Å². The van der Waals surface area contributed by atoms with Crippen LogP contribution in [0.2, 0.25) is 0 Å². The highest BCUT2D eigenvalue weighted by atomic mass is 16.5. The first-order chi connectivity index (χ1) is 13.0. The zero-order chi connectivity index (χ0) is 20.1. The van der Waals surface area contributed by atoms with Crippen molar-refractivity contribution in [3.63, 3.8) is 0 Å².